The third kappa shape index (κ3) is 60.0. The van der Waals surface area contributed by atoms with Crippen molar-refractivity contribution in [3.8, 4) is 0 Å². The maximum Gasteiger partial charge on any atom is 0.306 e. The van der Waals surface area contributed by atoms with Gasteiger partial charge in [-0.25, -0.2) is 0 Å². The minimum Gasteiger partial charge on any atom is -0.462 e. The first-order chi connectivity index (χ1) is 36.5. The Morgan fingerprint density at radius 3 is 0.838 bits per heavy atom. The van der Waals surface area contributed by atoms with E-state index in [1.807, 2.05) is 0 Å². The van der Waals surface area contributed by atoms with E-state index in [1.165, 1.54) is 205 Å². The van der Waals surface area contributed by atoms with Crippen LogP contribution in [0.25, 0.3) is 0 Å². The van der Waals surface area contributed by atoms with Crippen molar-refractivity contribution in [3.63, 3.8) is 0 Å². The van der Waals surface area contributed by atoms with Gasteiger partial charge in [-0.2, -0.15) is 0 Å². The summed E-state index contributed by atoms with van der Waals surface area (Å²) in [6.45, 7) is 6.56. The van der Waals surface area contributed by atoms with Crippen molar-refractivity contribution in [3.05, 3.63) is 60.8 Å². The second-order valence-corrected chi connectivity index (χ2v) is 21.6. The van der Waals surface area contributed by atoms with E-state index in [-0.39, 0.29) is 31.1 Å². The van der Waals surface area contributed by atoms with Gasteiger partial charge in [0.15, 0.2) is 6.10 Å². The molecule has 0 fully saturated rings. The molecule has 6 nitrogen and oxygen atoms in total. The smallest absolute Gasteiger partial charge is 0.306 e. The average molecular weight is 1040 g/mol. The highest BCUT2D eigenvalue weighted by Crippen LogP contribution is 2.17. The highest BCUT2D eigenvalue weighted by Gasteiger charge is 2.19. The quantitative estimate of drug-likeness (QED) is 0.0261. The van der Waals surface area contributed by atoms with E-state index >= 15 is 0 Å². The molecule has 430 valence electrons. The van der Waals surface area contributed by atoms with E-state index in [0.29, 0.717) is 19.3 Å². The molecule has 0 spiro atoms. The molecule has 0 saturated carbocycles. The monoisotopic (exact) mass is 1030 g/mol. The van der Waals surface area contributed by atoms with Crippen LogP contribution in [0, 0.1) is 0 Å². The highest BCUT2D eigenvalue weighted by atomic mass is 16.6. The zero-order chi connectivity index (χ0) is 53.6. The predicted octanol–water partition coefficient (Wildman–Crippen LogP) is 21.9. The second kappa shape index (κ2) is 62.6. The molecule has 6 heteroatoms. The van der Waals surface area contributed by atoms with Gasteiger partial charge in [-0.1, -0.05) is 293 Å². The van der Waals surface area contributed by atoms with Crippen LogP contribution in [0.15, 0.2) is 60.8 Å². The lowest BCUT2D eigenvalue weighted by Gasteiger charge is -2.18. The Morgan fingerprint density at radius 2 is 0.527 bits per heavy atom. The van der Waals surface area contributed by atoms with Crippen molar-refractivity contribution in [2.75, 3.05) is 13.2 Å². The van der Waals surface area contributed by atoms with Crippen LogP contribution in [-0.2, 0) is 28.6 Å². The van der Waals surface area contributed by atoms with Crippen molar-refractivity contribution in [2.24, 2.45) is 0 Å². The van der Waals surface area contributed by atoms with Gasteiger partial charge in [0.2, 0.25) is 0 Å². The van der Waals surface area contributed by atoms with Crippen LogP contribution >= 0.6 is 0 Å². The fraction of sp³-hybridized carbons (Fsp3) is 0.809. The van der Waals surface area contributed by atoms with Crippen molar-refractivity contribution in [2.45, 2.75) is 341 Å². The normalized spacial score (nSPS) is 12.4. The Kier molecular flexibility index (Phi) is 60.2. The second-order valence-electron chi connectivity index (χ2n) is 21.6. The van der Waals surface area contributed by atoms with E-state index in [9.17, 15) is 14.4 Å². The fourth-order valence-electron chi connectivity index (χ4n) is 9.43. The van der Waals surface area contributed by atoms with Crippen LogP contribution in [0.2, 0.25) is 0 Å². The summed E-state index contributed by atoms with van der Waals surface area (Å²) in [6.07, 6.45) is 79.4. The fourth-order valence-corrected chi connectivity index (χ4v) is 9.43. The molecule has 0 amide bonds. The van der Waals surface area contributed by atoms with Crippen molar-refractivity contribution < 1.29 is 28.6 Å². The molecule has 0 radical (unpaired) electrons. The third-order valence-electron chi connectivity index (χ3n) is 14.3. The van der Waals surface area contributed by atoms with Crippen LogP contribution in [0.5, 0.6) is 0 Å². The molecule has 74 heavy (non-hydrogen) atoms. The summed E-state index contributed by atoms with van der Waals surface area (Å²) in [5, 5.41) is 0. The van der Waals surface area contributed by atoms with Crippen molar-refractivity contribution in [1.82, 2.24) is 0 Å². The summed E-state index contributed by atoms with van der Waals surface area (Å²) in [4.78, 5) is 38.3. The summed E-state index contributed by atoms with van der Waals surface area (Å²) in [5.74, 6) is -0.863. The molecule has 0 saturated heterocycles. The van der Waals surface area contributed by atoms with Gasteiger partial charge in [-0.05, 0) is 83.5 Å². The standard InChI is InChI=1S/C68H122O6/c1-4-7-10-13-16-19-22-25-28-29-30-31-32-33-34-35-36-37-38-39-41-43-46-49-52-55-58-61-67(70)73-64-65(63-72-66(69)60-57-54-51-48-45-42-27-24-21-18-15-12-9-6-3)74-68(71)62-59-56-53-50-47-44-40-26-23-20-17-14-11-8-5-2/h7,10,16,19,25-26,28,30-31,40,65H,4-6,8-9,11-15,17-18,20-24,27,29,32-39,41-64H2,1-3H3/b10-7-,19-16-,28-25-,31-30-,40-26-. The van der Waals surface area contributed by atoms with Crippen LogP contribution in [-0.4, -0.2) is 37.2 Å². The molecule has 0 aliphatic carbocycles. The van der Waals surface area contributed by atoms with Gasteiger partial charge in [0.05, 0.1) is 0 Å². The lowest BCUT2D eigenvalue weighted by atomic mass is 10.0. The van der Waals surface area contributed by atoms with Gasteiger partial charge in [0.1, 0.15) is 13.2 Å². The molecule has 0 aromatic heterocycles. The summed E-state index contributed by atoms with van der Waals surface area (Å²) in [6, 6.07) is 0. The number of carbonyl (C=O) groups is 3. The Labute approximate surface area is 460 Å². The van der Waals surface area contributed by atoms with E-state index in [4.69, 9.17) is 14.2 Å². The molecule has 0 N–H and O–H groups in total. The number of ether oxygens (including phenoxy) is 3. The van der Waals surface area contributed by atoms with Crippen molar-refractivity contribution in [1.29, 1.82) is 0 Å². The van der Waals surface area contributed by atoms with E-state index in [1.54, 1.807) is 0 Å². The molecule has 0 aliphatic rings. The number of esters is 3. The van der Waals surface area contributed by atoms with Crippen LogP contribution in [0.1, 0.15) is 335 Å². The Hall–Kier alpha value is -2.89. The molecule has 0 aromatic carbocycles. The van der Waals surface area contributed by atoms with Crippen LogP contribution < -0.4 is 0 Å². The Bertz CT molecular complexity index is 1330. The van der Waals surface area contributed by atoms with Crippen LogP contribution in [0.3, 0.4) is 0 Å². The molecular formula is C68H122O6. The molecule has 1 atom stereocenters. The van der Waals surface area contributed by atoms with Gasteiger partial charge in [-0.15, -0.1) is 0 Å². The average Bonchev–Trinajstić information content (AvgIpc) is 3.40. The van der Waals surface area contributed by atoms with Gasteiger partial charge in [-0.3, -0.25) is 14.4 Å². The minimum atomic E-state index is -0.776. The first-order valence-electron chi connectivity index (χ1n) is 32.3. The Morgan fingerprint density at radius 1 is 0.284 bits per heavy atom. The molecule has 0 bridgehead atoms. The minimum absolute atomic E-state index is 0.0728. The molecule has 0 rings (SSSR count). The van der Waals surface area contributed by atoms with E-state index in [2.05, 4.69) is 81.5 Å². The summed E-state index contributed by atoms with van der Waals surface area (Å²) < 4.78 is 16.9. The molecule has 0 heterocycles. The highest BCUT2D eigenvalue weighted by molar-refractivity contribution is 5.71. The number of hydrogen-bond acceptors (Lipinski definition) is 6. The summed E-state index contributed by atoms with van der Waals surface area (Å²) in [7, 11) is 0. The maximum absolute atomic E-state index is 12.9. The van der Waals surface area contributed by atoms with Gasteiger partial charge in [0, 0.05) is 19.3 Å². The first kappa shape index (κ1) is 71.1. The lowest BCUT2D eigenvalue weighted by molar-refractivity contribution is -0.167. The predicted molar refractivity (Wildman–Crippen MR) is 321 cm³/mol. The van der Waals surface area contributed by atoms with E-state index < -0.39 is 6.10 Å². The SMILES string of the molecule is CC/C=C\C/C=C\C/C=C\C/C=C\CCCCCCCCCCCCCCCCC(=O)OCC(COC(=O)CCCCCCCCCCCCCCCC)OC(=O)CCCCCCC/C=C\CCCCCCCC. The zero-order valence-electron chi connectivity index (χ0n) is 49.4. The van der Waals surface area contributed by atoms with Gasteiger partial charge < -0.3 is 14.2 Å². The number of allylic oxidation sites excluding steroid dienone is 10. The summed E-state index contributed by atoms with van der Waals surface area (Å²) >= 11 is 0. The lowest BCUT2D eigenvalue weighted by Crippen LogP contribution is -2.30. The van der Waals surface area contributed by atoms with Crippen LogP contribution in [0.4, 0.5) is 0 Å². The number of unbranched alkanes of at least 4 members (excludes halogenated alkanes) is 38. The molecule has 0 aliphatic heterocycles. The number of hydrogen-bond donors (Lipinski definition) is 0. The molecule has 1 unspecified atom stereocenters. The summed E-state index contributed by atoms with van der Waals surface area (Å²) in [5.41, 5.74) is 0. The molecule has 0 aromatic rings. The Balaban J connectivity index is 4.24. The number of rotatable bonds is 59. The van der Waals surface area contributed by atoms with E-state index in [0.717, 1.165) is 89.9 Å². The topological polar surface area (TPSA) is 78.9 Å². The molecular weight excluding hydrogens is 913 g/mol. The van der Waals surface area contributed by atoms with Crippen molar-refractivity contribution >= 4 is 17.9 Å². The van der Waals surface area contributed by atoms with Gasteiger partial charge >= 0.3 is 17.9 Å². The third-order valence-corrected chi connectivity index (χ3v) is 14.3. The first-order valence-corrected chi connectivity index (χ1v) is 32.3. The largest absolute Gasteiger partial charge is 0.462 e. The zero-order valence-corrected chi connectivity index (χ0v) is 49.4. The van der Waals surface area contributed by atoms with Gasteiger partial charge in [0.25, 0.3) is 0 Å². The maximum atomic E-state index is 12.9. The number of carbonyl (C=O) groups excluding carboxylic acids is 3.